The van der Waals surface area contributed by atoms with Gasteiger partial charge in [-0.2, -0.15) is 0 Å². The molecular weight excluding hydrogens is 143 g/mol. The lowest BCUT2D eigenvalue weighted by molar-refractivity contribution is 0.468. The lowest BCUT2D eigenvalue weighted by Crippen LogP contribution is -1.84. The SMILES string of the molecule is [CH2]CCc1cc(O)cc(F)c1. The molecule has 2 heteroatoms. The van der Waals surface area contributed by atoms with E-state index in [0.717, 1.165) is 11.6 Å². The minimum absolute atomic E-state index is 0.0200. The molecule has 1 aromatic rings. The summed E-state index contributed by atoms with van der Waals surface area (Å²) in [7, 11) is 0. The Bertz CT molecular complexity index is 225. The third-order valence-electron chi connectivity index (χ3n) is 1.41. The van der Waals surface area contributed by atoms with Gasteiger partial charge in [-0.05, 0) is 30.5 Å². The second kappa shape index (κ2) is 3.37. The van der Waals surface area contributed by atoms with Crippen LogP contribution in [0.1, 0.15) is 12.0 Å². The zero-order valence-corrected chi connectivity index (χ0v) is 6.18. The third-order valence-corrected chi connectivity index (χ3v) is 1.41. The molecule has 1 nitrogen and oxygen atoms in total. The molecule has 59 valence electrons. The molecular formula is C9H10FO. The van der Waals surface area contributed by atoms with Crippen molar-refractivity contribution in [3.8, 4) is 5.75 Å². The van der Waals surface area contributed by atoms with Gasteiger partial charge in [0.15, 0.2) is 0 Å². The van der Waals surface area contributed by atoms with Gasteiger partial charge in [0.1, 0.15) is 11.6 Å². The lowest BCUT2D eigenvalue weighted by Gasteiger charge is -1.99. The highest BCUT2D eigenvalue weighted by Crippen LogP contribution is 2.15. The normalized spacial score (nSPS) is 10.0. The van der Waals surface area contributed by atoms with Crippen molar-refractivity contribution in [2.75, 3.05) is 0 Å². The summed E-state index contributed by atoms with van der Waals surface area (Å²) in [5.41, 5.74) is 0.789. The third kappa shape index (κ3) is 2.22. The fraction of sp³-hybridized carbons (Fsp3) is 0.222. The van der Waals surface area contributed by atoms with Crippen LogP contribution >= 0.6 is 0 Å². The average Bonchev–Trinajstić information content (AvgIpc) is 1.85. The summed E-state index contributed by atoms with van der Waals surface area (Å²) >= 11 is 0. The topological polar surface area (TPSA) is 20.2 Å². The molecule has 0 heterocycles. The first-order valence-electron chi connectivity index (χ1n) is 3.50. The summed E-state index contributed by atoms with van der Waals surface area (Å²) in [6, 6.07) is 4.05. The smallest absolute Gasteiger partial charge is 0.127 e. The van der Waals surface area contributed by atoms with Gasteiger partial charge in [-0.3, -0.25) is 0 Å². The number of hydrogen-bond donors (Lipinski definition) is 1. The Morgan fingerprint density at radius 3 is 2.64 bits per heavy atom. The first-order valence-corrected chi connectivity index (χ1v) is 3.50. The van der Waals surface area contributed by atoms with Crippen LogP contribution in [0.3, 0.4) is 0 Å². The Balaban J connectivity index is 2.89. The molecule has 0 aliphatic heterocycles. The molecule has 0 spiro atoms. The van der Waals surface area contributed by atoms with Crippen LogP contribution in [-0.4, -0.2) is 5.11 Å². The molecule has 0 bridgehead atoms. The van der Waals surface area contributed by atoms with Gasteiger partial charge >= 0.3 is 0 Å². The Hall–Kier alpha value is -1.05. The number of rotatable bonds is 2. The zero-order valence-electron chi connectivity index (χ0n) is 6.18. The highest BCUT2D eigenvalue weighted by molar-refractivity contribution is 5.28. The molecule has 0 aliphatic carbocycles. The highest BCUT2D eigenvalue weighted by Gasteiger charge is 1.97. The van der Waals surface area contributed by atoms with Crippen molar-refractivity contribution < 1.29 is 9.50 Å². The molecule has 0 fully saturated rings. The number of phenolic OH excluding ortho intramolecular Hbond substituents is 1. The molecule has 1 N–H and O–H groups in total. The molecule has 1 rings (SSSR count). The van der Waals surface area contributed by atoms with Crippen molar-refractivity contribution in [3.63, 3.8) is 0 Å². The van der Waals surface area contributed by atoms with Crippen molar-refractivity contribution in [3.05, 3.63) is 36.5 Å². The lowest BCUT2D eigenvalue weighted by atomic mass is 10.1. The van der Waals surface area contributed by atoms with Gasteiger partial charge in [0, 0.05) is 6.07 Å². The number of halogens is 1. The highest BCUT2D eigenvalue weighted by atomic mass is 19.1. The maximum Gasteiger partial charge on any atom is 0.127 e. The second-order valence-corrected chi connectivity index (χ2v) is 2.42. The predicted octanol–water partition coefficient (Wildman–Crippen LogP) is 2.30. The summed E-state index contributed by atoms with van der Waals surface area (Å²) < 4.78 is 12.6. The van der Waals surface area contributed by atoms with E-state index in [1.807, 2.05) is 0 Å². The van der Waals surface area contributed by atoms with Gasteiger partial charge in [-0.25, -0.2) is 4.39 Å². The van der Waals surface area contributed by atoms with E-state index < -0.39 is 5.82 Å². The van der Waals surface area contributed by atoms with Crippen LogP contribution in [0.4, 0.5) is 4.39 Å². The zero-order chi connectivity index (χ0) is 8.27. The maximum absolute atomic E-state index is 12.6. The number of hydrogen-bond acceptors (Lipinski definition) is 1. The van der Waals surface area contributed by atoms with E-state index in [9.17, 15) is 4.39 Å². The van der Waals surface area contributed by atoms with Crippen molar-refractivity contribution >= 4 is 0 Å². The van der Waals surface area contributed by atoms with Gasteiger partial charge in [0.05, 0.1) is 0 Å². The van der Waals surface area contributed by atoms with Gasteiger partial charge in [0.2, 0.25) is 0 Å². The maximum atomic E-state index is 12.6. The molecule has 0 saturated heterocycles. The van der Waals surface area contributed by atoms with Gasteiger partial charge < -0.3 is 5.11 Å². The molecule has 0 amide bonds. The van der Waals surface area contributed by atoms with E-state index >= 15 is 0 Å². The van der Waals surface area contributed by atoms with Crippen LogP contribution in [-0.2, 0) is 6.42 Å². The van der Waals surface area contributed by atoms with Crippen molar-refractivity contribution in [2.45, 2.75) is 12.8 Å². The fourth-order valence-corrected chi connectivity index (χ4v) is 0.982. The first-order chi connectivity index (χ1) is 5.22. The van der Waals surface area contributed by atoms with Gasteiger partial charge in [-0.15, -0.1) is 0 Å². The van der Waals surface area contributed by atoms with E-state index in [-0.39, 0.29) is 5.75 Å². The van der Waals surface area contributed by atoms with Crippen molar-refractivity contribution in [1.29, 1.82) is 0 Å². The van der Waals surface area contributed by atoms with Crippen LogP contribution in [0.25, 0.3) is 0 Å². The fourth-order valence-electron chi connectivity index (χ4n) is 0.982. The van der Waals surface area contributed by atoms with Gasteiger partial charge in [-0.1, -0.05) is 6.92 Å². The monoisotopic (exact) mass is 153 g/mol. The van der Waals surface area contributed by atoms with Crippen LogP contribution in [0.2, 0.25) is 0 Å². The summed E-state index contributed by atoms with van der Waals surface area (Å²) in [6.07, 6.45) is 1.41. The molecule has 11 heavy (non-hydrogen) atoms. The van der Waals surface area contributed by atoms with Crippen molar-refractivity contribution in [1.82, 2.24) is 0 Å². The quantitative estimate of drug-likeness (QED) is 0.691. The molecule has 0 aliphatic rings. The Morgan fingerprint density at radius 1 is 1.36 bits per heavy atom. The predicted molar refractivity (Wildman–Crippen MR) is 41.7 cm³/mol. The Kier molecular flexibility index (Phi) is 2.47. The summed E-state index contributed by atoms with van der Waals surface area (Å²) in [4.78, 5) is 0. The number of phenols is 1. The van der Waals surface area contributed by atoms with Gasteiger partial charge in [0.25, 0.3) is 0 Å². The Morgan fingerprint density at radius 2 is 2.09 bits per heavy atom. The molecule has 0 aromatic heterocycles. The van der Waals surface area contributed by atoms with Crippen LogP contribution in [0.15, 0.2) is 18.2 Å². The average molecular weight is 153 g/mol. The van der Waals surface area contributed by atoms with E-state index in [0.29, 0.717) is 12.8 Å². The van der Waals surface area contributed by atoms with E-state index in [4.69, 9.17) is 5.11 Å². The van der Waals surface area contributed by atoms with Crippen LogP contribution in [0.5, 0.6) is 5.75 Å². The molecule has 0 saturated carbocycles. The second-order valence-electron chi connectivity index (χ2n) is 2.42. The number of aromatic hydroxyl groups is 1. The molecule has 0 unspecified atom stereocenters. The minimum atomic E-state index is -0.395. The molecule has 1 aromatic carbocycles. The summed E-state index contributed by atoms with van der Waals surface area (Å²) in [5, 5.41) is 8.96. The molecule has 0 atom stereocenters. The van der Waals surface area contributed by atoms with E-state index in [2.05, 4.69) is 6.92 Å². The minimum Gasteiger partial charge on any atom is -0.508 e. The first kappa shape index (κ1) is 8.05. The molecule has 1 radical (unpaired) electrons. The number of benzene rings is 1. The van der Waals surface area contributed by atoms with Crippen molar-refractivity contribution in [2.24, 2.45) is 0 Å². The van der Waals surface area contributed by atoms with E-state index in [1.165, 1.54) is 6.07 Å². The largest absolute Gasteiger partial charge is 0.508 e. The van der Waals surface area contributed by atoms with Crippen LogP contribution < -0.4 is 0 Å². The Labute approximate surface area is 65.5 Å². The van der Waals surface area contributed by atoms with Crippen LogP contribution in [0, 0.1) is 12.7 Å². The number of aryl methyl sites for hydroxylation is 1. The summed E-state index contributed by atoms with van der Waals surface area (Å²) in [5.74, 6) is -0.415. The summed E-state index contributed by atoms with van der Waals surface area (Å²) in [6.45, 7) is 3.64. The van der Waals surface area contributed by atoms with E-state index in [1.54, 1.807) is 6.07 Å². The standard InChI is InChI=1S/C9H10FO/c1-2-3-7-4-8(10)6-9(11)5-7/h4-6,11H,1-3H2.